The number of alkyl halides is 1. The van der Waals surface area contributed by atoms with Crippen molar-refractivity contribution in [3.63, 3.8) is 0 Å². The van der Waals surface area contributed by atoms with E-state index in [2.05, 4.69) is 4.90 Å². The van der Waals surface area contributed by atoms with Crippen molar-refractivity contribution < 1.29 is 4.39 Å². The second-order valence-corrected chi connectivity index (χ2v) is 4.67. The van der Waals surface area contributed by atoms with Crippen LogP contribution in [0.4, 0.5) is 4.39 Å². The molecule has 1 unspecified atom stereocenters. The van der Waals surface area contributed by atoms with E-state index in [1.54, 1.807) is 0 Å². The van der Waals surface area contributed by atoms with Gasteiger partial charge in [0.15, 0.2) is 0 Å². The summed E-state index contributed by atoms with van der Waals surface area (Å²) in [4.78, 5) is 2.05. The first-order valence-corrected chi connectivity index (χ1v) is 5.81. The molecule has 0 saturated carbocycles. The molecule has 1 saturated heterocycles. The fourth-order valence-electron chi connectivity index (χ4n) is 2.57. The highest BCUT2D eigenvalue weighted by Crippen LogP contribution is 2.36. The lowest BCUT2D eigenvalue weighted by Crippen LogP contribution is -2.41. The number of likely N-dealkylation sites (N-methyl/N-ethyl adjacent to an activating group) is 1. The molecule has 1 fully saturated rings. The summed E-state index contributed by atoms with van der Waals surface area (Å²) in [6.45, 7) is 1.87. The van der Waals surface area contributed by atoms with Crippen LogP contribution in [-0.2, 0) is 12.2 Å². The monoisotopic (exact) mass is 222 g/mol. The van der Waals surface area contributed by atoms with Gasteiger partial charge in [-0.05, 0) is 37.6 Å². The van der Waals surface area contributed by atoms with Crippen molar-refractivity contribution in [2.24, 2.45) is 5.73 Å². The molecule has 1 aromatic carbocycles. The Kier molecular flexibility index (Phi) is 3.26. The minimum atomic E-state index is -1.22. The quantitative estimate of drug-likeness (QED) is 0.829. The van der Waals surface area contributed by atoms with E-state index in [4.69, 9.17) is 5.73 Å². The van der Waals surface area contributed by atoms with Crippen molar-refractivity contribution in [3.05, 3.63) is 35.4 Å². The molecule has 0 spiro atoms. The first-order chi connectivity index (χ1) is 7.65. The van der Waals surface area contributed by atoms with E-state index in [-0.39, 0.29) is 0 Å². The molecule has 0 aromatic heterocycles. The summed E-state index contributed by atoms with van der Waals surface area (Å²) in [5.74, 6) is 0. The second-order valence-electron chi connectivity index (χ2n) is 4.67. The Bertz CT molecular complexity index is 367. The Morgan fingerprint density at radius 1 is 1.44 bits per heavy atom. The second kappa shape index (κ2) is 4.52. The third-order valence-electron chi connectivity index (χ3n) is 3.35. The molecule has 2 rings (SSSR count). The molecule has 1 aliphatic rings. The summed E-state index contributed by atoms with van der Waals surface area (Å²) in [6, 6.07) is 7.61. The molecule has 0 bridgehead atoms. The third-order valence-corrected chi connectivity index (χ3v) is 3.35. The van der Waals surface area contributed by atoms with E-state index in [1.807, 2.05) is 31.3 Å². The number of benzene rings is 1. The van der Waals surface area contributed by atoms with Crippen LogP contribution in [0.2, 0.25) is 0 Å². The van der Waals surface area contributed by atoms with Crippen molar-refractivity contribution in [2.75, 3.05) is 20.1 Å². The fraction of sp³-hybridized carbons (Fsp3) is 0.538. The van der Waals surface area contributed by atoms with Crippen LogP contribution in [0.3, 0.4) is 0 Å². The predicted molar refractivity (Wildman–Crippen MR) is 63.9 cm³/mol. The minimum Gasteiger partial charge on any atom is -0.326 e. The molecule has 2 N–H and O–H groups in total. The molecule has 0 amide bonds. The Morgan fingerprint density at radius 3 is 2.88 bits per heavy atom. The Morgan fingerprint density at radius 2 is 2.19 bits per heavy atom. The normalized spacial score (nSPS) is 26.9. The van der Waals surface area contributed by atoms with Crippen LogP contribution in [0, 0.1) is 0 Å². The van der Waals surface area contributed by atoms with Gasteiger partial charge in [0.05, 0.1) is 0 Å². The lowest BCUT2D eigenvalue weighted by Gasteiger charge is -2.36. The van der Waals surface area contributed by atoms with Crippen molar-refractivity contribution in [1.29, 1.82) is 0 Å². The maximum atomic E-state index is 14.9. The summed E-state index contributed by atoms with van der Waals surface area (Å²) >= 11 is 0. The number of halogens is 1. The molecule has 2 nitrogen and oxygen atoms in total. The number of hydrogen-bond acceptors (Lipinski definition) is 2. The molecular formula is C13H19FN2. The maximum absolute atomic E-state index is 14.9. The molecule has 0 radical (unpaired) electrons. The molecule has 88 valence electrons. The van der Waals surface area contributed by atoms with Crippen molar-refractivity contribution in [3.8, 4) is 0 Å². The van der Waals surface area contributed by atoms with Gasteiger partial charge in [-0.2, -0.15) is 0 Å². The zero-order valence-corrected chi connectivity index (χ0v) is 9.75. The first kappa shape index (κ1) is 11.6. The predicted octanol–water partition coefficient (Wildman–Crippen LogP) is 2.04. The molecule has 16 heavy (non-hydrogen) atoms. The lowest BCUT2D eigenvalue weighted by atomic mass is 9.85. The van der Waals surface area contributed by atoms with Crippen LogP contribution in [0.1, 0.15) is 24.0 Å². The zero-order chi connectivity index (χ0) is 11.6. The lowest BCUT2D eigenvalue weighted by molar-refractivity contribution is 0.0556. The van der Waals surface area contributed by atoms with Gasteiger partial charge >= 0.3 is 0 Å². The number of nitrogens with zero attached hydrogens (tertiary/aromatic N) is 1. The van der Waals surface area contributed by atoms with Gasteiger partial charge in [0.25, 0.3) is 0 Å². The van der Waals surface area contributed by atoms with Gasteiger partial charge in [0.1, 0.15) is 5.67 Å². The van der Waals surface area contributed by atoms with E-state index in [0.29, 0.717) is 19.5 Å². The van der Waals surface area contributed by atoms with Crippen LogP contribution >= 0.6 is 0 Å². The number of piperidine rings is 1. The zero-order valence-electron chi connectivity index (χ0n) is 9.75. The van der Waals surface area contributed by atoms with Crippen LogP contribution in [-0.4, -0.2) is 25.0 Å². The number of rotatable bonds is 2. The van der Waals surface area contributed by atoms with Gasteiger partial charge < -0.3 is 10.6 Å². The first-order valence-electron chi connectivity index (χ1n) is 5.81. The van der Waals surface area contributed by atoms with Crippen molar-refractivity contribution >= 4 is 0 Å². The summed E-state index contributed by atoms with van der Waals surface area (Å²) < 4.78 is 14.9. The molecular weight excluding hydrogens is 203 g/mol. The summed E-state index contributed by atoms with van der Waals surface area (Å²) in [6.07, 6.45) is 1.51. The summed E-state index contributed by atoms with van der Waals surface area (Å²) in [7, 11) is 1.97. The molecule has 1 aliphatic heterocycles. The Labute approximate surface area is 96.2 Å². The van der Waals surface area contributed by atoms with Crippen LogP contribution in [0.5, 0.6) is 0 Å². The molecule has 0 aliphatic carbocycles. The summed E-state index contributed by atoms with van der Waals surface area (Å²) in [5.41, 5.74) is 6.16. The average Bonchev–Trinajstić information content (AvgIpc) is 2.29. The van der Waals surface area contributed by atoms with E-state index < -0.39 is 5.67 Å². The van der Waals surface area contributed by atoms with E-state index in [0.717, 1.165) is 24.1 Å². The number of hydrogen-bond donors (Lipinski definition) is 1. The van der Waals surface area contributed by atoms with Crippen LogP contribution in [0.15, 0.2) is 24.3 Å². The van der Waals surface area contributed by atoms with E-state index in [1.165, 1.54) is 0 Å². The minimum absolute atomic E-state index is 0.408. The van der Waals surface area contributed by atoms with Gasteiger partial charge in [-0.15, -0.1) is 0 Å². The molecule has 1 heterocycles. The third kappa shape index (κ3) is 2.11. The molecule has 3 heteroatoms. The highest BCUT2D eigenvalue weighted by molar-refractivity contribution is 5.33. The summed E-state index contributed by atoms with van der Waals surface area (Å²) in [5, 5.41) is 0. The maximum Gasteiger partial charge on any atom is 0.148 e. The van der Waals surface area contributed by atoms with Crippen molar-refractivity contribution in [1.82, 2.24) is 4.90 Å². The molecule has 1 atom stereocenters. The van der Waals surface area contributed by atoms with Crippen LogP contribution < -0.4 is 5.73 Å². The van der Waals surface area contributed by atoms with E-state index in [9.17, 15) is 4.39 Å². The average molecular weight is 222 g/mol. The topological polar surface area (TPSA) is 29.3 Å². The van der Waals surface area contributed by atoms with E-state index >= 15 is 0 Å². The number of nitrogens with two attached hydrogens (primary N) is 1. The Hall–Kier alpha value is -0.930. The Balaban J connectivity index is 2.34. The smallest absolute Gasteiger partial charge is 0.148 e. The van der Waals surface area contributed by atoms with Gasteiger partial charge in [0.2, 0.25) is 0 Å². The van der Waals surface area contributed by atoms with Gasteiger partial charge in [-0.3, -0.25) is 0 Å². The van der Waals surface area contributed by atoms with Crippen molar-refractivity contribution in [2.45, 2.75) is 25.1 Å². The molecule has 1 aromatic rings. The standard InChI is InChI=1S/C13H19FN2/c1-16-8-4-7-13(14,10-16)12-6-3-2-5-11(12)9-15/h2-3,5-6H,4,7-10,15H2,1H3. The number of likely N-dealkylation sites (tertiary alicyclic amines) is 1. The fourth-order valence-corrected chi connectivity index (χ4v) is 2.57. The highest BCUT2D eigenvalue weighted by Gasteiger charge is 2.37. The van der Waals surface area contributed by atoms with Gasteiger partial charge in [0, 0.05) is 13.1 Å². The van der Waals surface area contributed by atoms with Gasteiger partial charge in [-0.25, -0.2) is 4.39 Å². The van der Waals surface area contributed by atoms with Crippen LogP contribution in [0.25, 0.3) is 0 Å². The largest absolute Gasteiger partial charge is 0.326 e. The SMILES string of the molecule is CN1CCCC(F)(c2ccccc2CN)C1. The van der Waals surface area contributed by atoms with Gasteiger partial charge in [-0.1, -0.05) is 24.3 Å². The highest BCUT2D eigenvalue weighted by atomic mass is 19.1.